The number of anilines is 1. The van der Waals surface area contributed by atoms with Crippen molar-refractivity contribution in [3.05, 3.63) is 84.5 Å². The number of benzene rings is 1. The lowest BCUT2D eigenvalue weighted by molar-refractivity contribution is -0.124. The topological polar surface area (TPSA) is 83.5 Å². The number of amides is 1. The Morgan fingerprint density at radius 2 is 1.87 bits per heavy atom. The van der Waals surface area contributed by atoms with Crippen LogP contribution in [0.1, 0.15) is 36.6 Å². The van der Waals surface area contributed by atoms with Gasteiger partial charge in [0.1, 0.15) is 0 Å². The largest absolute Gasteiger partial charge is 0.404 e. The van der Waals surface area contributed by atoms with Crippen LogP contribution in [0.5, 0.6) is 0 Å². The first-order valence-corrected chi connectivity index (χ1v) is 14.1. The molecule has 0 saturated carbocycles. The minimum Gasteiger partial charge on any atom is -0.304 e. The standard InChI is InChI=1S/C28H27F3N4O3S/c1-3-19(4-2)25-21-8-6-5-7-20(21)15-33-23(25)17-35-24-16-32-12-9-22(24)27(26(35)36)10-13-34(14-11-27)39(37,38)18-28(29,30)31/h3-9,12,15-16H,1,10-11,13-14,17-18H2,2H3/b19-4+. The van der Waals surface area contributed by atoms with Crippen molar-refractivity contribution in [2.45, 2.75) is 37.9 Å². The molecule has 0 unspecified atom stereocenters. The molecule has 5 rings (SSSR count). The van der Waals surface area contributed by atoms with E-state index in [1.165, 1.54) is 0 Å². The second kappa shape index (κ2) is 9.87. The highest BCUT2D eigenvalue weighted by molar-refractivity contribution is 7.89. The van der Waals surface area contributed by atoms with Crippen molar-refractivity contribution in [3.63, 3.8) is 0 Å². The summed E-state index contributed by atoms with van der Waals surface area (Å²) in [5, 5.41) is 1.91. The van der Waals surface area contributed by atoms with Gasteiger partial charge in [0.05, 0.1) is 29.5 Å². The molecule has 1 amide bonds. The molecular formula is C28H27F3N4O3S. The number of sulfonamides is 1. The Morgan fingerprint density at radius 1 is 1.15 bits per heavy atom. The van der Waals surface area contributed by atoms with Crippen molar-refractivity contribution in [3.8, 4) is 0 Å². The molecule has 1 fully saturated rings. The summed E-state index contributed by atoms with van der Waals surface area (Å²) in [5.74, 6) is -2.15. The number of carbonyl (C=O) groups is 1. The third kappa shape index (κ3) is 4.74. The average molecular weight is 557 g/mol. The number of rotatable bonds is 6. The molecular weight excluding hydrogens is 529 g/mol. The number of allylic oxidation sites excluding steroid dienone is 3. The van der Waals surface area contributed by atoms with Crippen LogP contribution in [0, 0.1) is 0 Å². The van der Waals surface area contributed by atoms with E-state index < -0.39 is 27.4 Å². The molecule has 0 radical (unpaired) electrons. The van der Waals surface area contributed by atoms with Gasteiger partial charge in [0, 0.05) is 36.4 Å². The first kappa shape index (κ1) is 27.0. The highest BCUT2D eigenvalue weighted by atomic mass is 32.2. The number of piperidine rings is 1. The molecule has 11 heteroatoms. The molecule has 7 nitrogen and oxygen atoms in total. The van der Waals surface area contributed by atoms with E-state index >= 15 is 0 Å². The van der Waals surface area contributed by atoms with E-state index in [1.807, 2.05) is 37.3 Å². The number of aromatic nitrogens is 2. The van der Waals surface area contributed by atoms with E-state index in [1.54, 1.807) is 35.6 Å². The zero-order valence-corrected chi connectivity index (χ0v) is 22.1. The predicted octanol–water partition coefficient (Wildman–Crippen LogP) is 4.99. The molecule has 0 aliphatic carbocycles. The Labute approximate surface area is 224 Å². The summed E-state index contributed by atoms with van der Waals surface area (Å²) in [6.45, 7) is 5.62. The van der Waals surface area contributed by atoms with Crippen molar-refractivity contribution >= 4 is 38.0 Å². The smallest absolute Gasteiger partial charge is 0.304 e. The van der Waals surface area contributed by atoms with Crippen molar-refractivity contribution in [1.82, 2.24) is 14.3 Å². The summed E-state index contributed by atoms with van der Waals surface area (Å²) in [5.41, 5.74) is 2.63. The minimum atomic E-state index is -4.84. The third-order valence-electron chi connectivity index (χ3n) is 7.58. The van der Waals surface area contributed by atoms with Gasteiger partial charge in [0.2, 0.25) is 15.9 Å². The average Bonchev–Trinajstić information content (AvgIpc) is 3.12. The number of carbonyl (C=O) groups excluding carboxylic acids is 1. The van der Waals surface area contributed by atoms with Gasteiger partial charge in [-0.15, -0.1) is 0 Å². The van der Waals surface area contributed by atoms with E-state index in [0.29, 0.717) is 16.9 Å². The molecule has 4 heterocycles. The lowest BCUT2D eigenvalue weighted by Gasteiger charge is -2.38. The summed E-state index contributed by atoms with van der Waals surface area (Å²) in [6.07, 6.45) is 3.90. The molecule has 1 aromatic carbocycles. The van der Waals surface area contributed by atoms with Gasteiger partial charge in [-0.2, -0.15) is 13.2 Å². The lowest BCUT2D eigenvalue weighted by atomic mass is 9.74. The van der Waals surface area contributed by atoms with Crippen LogP contribution in [0.3, 0.4) is 0 Å². The van der Waals surface area contributed by atoms with Crippen LogP contribution in [0.4, 0.5) is 18.9 Å². The van der Waals surface area contributed by atoms with Crippen LogP contribution in [0.25, 0.3) is 16.3 Å². The van der Waals surface area contributed by atoms with Crippen molar-refractivity contribution in [2.24, 2.45) is 0 Å². The van der Waals surface area contributed by atoms with Crippen LogP contribution in [0.2, 0.25) is 0 Å². The maximum absolute atomic E-state index is 14.1. The van der Waals surface area contributed by atoms with Crippen LogP contribution in [0.15, 0.2) is 67.7 Å². The van der Waals surface area contributed by atoms with Gasteiger partial charge in [0.15, 0.2) is 5.75 Å². The Morgan fingerprint density at radius 3 is 2.54 bits per heavy atom. The Kier molecular flexibility index (Phi) is 6.84. The van der Waals surface area contributed by atoms with Gasteiger partial charge in [-0.25, -0.2) is 12.7 Å². The molecule has 2 aromatic heterocycles. The SMILES string of the molecule is C=C/C(=C\C)c1c(CN2C(=O)C3(CCN(S(=O)(=O)CC(F)(F)F)CC3)c3ccncc32)ncc2ccccc12. The van der Waals surface area contributed by atoms with Gasteiger partial charge < -0.3 is 4.90 Å². The van der Waals surface area contributed by atoms with Crippen LogP contribution in [-0.4, -0.2) is 53.6 Å². The normalized spacial score (nSPS) is 18.1. The van der Waals surface area contributed by atoms with Crippen LogP contribution >= 0.6 is 0 Å². The number of fused-ring (bicyclic) bond motifs is 3. The first-order valence-electron chi connectivity index (χ1n) is 12.5. The van der Waals surface area contributed by atoms with Gasteiger partial charge in [0.25, 0.3) is 0 Å². The van der Waals surface area contributed by atoms with E-state index in [0.717, 1.165) is 26.2 Å². The molecule has 39 heavy (non-hydrogen) atoms. The van der Waals surface area contributed by atoms with Crippen LogP contribution in [-0.2, 0) is 26.8 Å². The number of alkyl halides is 3. The molecule has 2 aliphatic rings. The van der Waals surface area contributed by atoms with Crippen molar-refractivity contribution < 1.29 is 26.4 Å². The number of hydrogen-bond donors (Lipinski definition) is 0. The molecule has 0 bridgehead atoms. The van der Waals surface area contributed by atoms with Crippen LogP contribution < -0.4 is 4.90 Å². The van der Waals surface area contributed by atoms with Gasteiger partial charge in [-0.3, -0.25) is 14.8 Å². The number of pyridine rings is 2. The predicted molar refractivity (Wildman–Crippen MR) is 143 cm³/mol. The van der Waals surface area contributed by atoms with Gasteiger partial charge in [-0.05, 0) is 42.4 Å². The van der Waals surface area contributed by atoms with E-state index in [-0.39, 0.29) is 38.4 Å². The zero-order chi connectivity index (χ0) is 28.0. The monoisotopic (exact) mass is 556 g/mol. The fourth-order valence-corrected chi connectivity index (χ4v) is 7.07. The molecule has 3 aromatic rings. The molecule has 2 aliphatic heterocycles. The third-order valence-corrected chi connectivity index (χ3v) is 9.43. The highest BCUT2D eigenvalue weighted by Crippen LogP contribution is 2.48. The fraction of sp³-hybridized carbons (Fsp3) is 0.321. The molecule has 1 saturated heterocycles. The maximum Gasteiger partial charge on any atom is 0.404 e. The maximum atomic E-state index is 14.1. The van der Waals surface area contributed by atoms with E-state index in [4.69, 9.17) is 4.98 Å². The fourth-order valence-electron chi connectivity index (χ4n) is 5.73. The zero-order valence-electron chi connectivity index (χ0n) is 21.3. The summed E-state index contributed by atoms with van der Waals surface area (Å²) in [4.78, 5) is 24.6. The quantitative estimate of drug-likeness (QED) is 0.400. The summed E-state index contributed by atoms with van der Waals surface area (Å²) < 4.78 is 64.2. The van der Waals surface area contributed by atoms with Gasteiger partial charge >= 0.3 is 6.18 Å². The molecule has 0 N–H and O–H groups in total. The van der Waals surface area contributed by atoms with E-state index in [2.05, 4.69) is 11.6 Å². The molecule has 204 valence electrons. The molecule has 1 spiro atoms. The second-order valence-corrected chi connectivity index (χ2v) is 11.7. The minimum absolute atomic E-state index is 0.0706. The van der Waals surface area contributed by atoms with Gasteiger partial charge in [-0.1, -0.05) is 43.0 Å². The Bertz CT molecular complexity index is 1590. The summed E-state index contributed by atoms with van der Waals surface area (Å²) in [6, 6.07) is 9.54. The Hall–Kier alpha value is -3.57. The highest BCUT2D eigenvalue weighted by Gasteiger charge is 2.53. The lowest BCUT2D eigenvalue weighted by Crippen LogP contribution is -2.51. The number of hydrogen-bond acceptors (Lipinski definition) is 5. The number of nitrogens with zero attached hydrogens (tertiary/aromatic N) is 4. The second-order valence-electron chi connectivity index (χ2n) is 9.75. The number of halogens is 3. The van der Waals surface area contributed by atoms with Crippen molar-refractivity contribution in [2.75, 3.05) is 23.7 Å². The van der Waals surface area contributed by atoms with Crippen molar-refractivity contribution in [1.29, 1.82) is 0 Å². The molecule has 0 atom stereocenters. The summed E-state index contributed by atoms with van der Waals surface area (Å²) >= 11 is 0. The van der Waals surface area contributed by atoms with E-state index in [9.17, 15) is 26.4 Å². The summed E-state index contributed by atoms with van der Waals surface area (Å²) in [7, 11) is -4.54. The first-order chi connectivity index (χ1) is 18.5. The Balaban J connectivity index is 1.51.